The van der Waals surface area contributed by atoms with E-state index in [9.17, 15) is 35.9 Å². The molecule has 2 aromatic carbocycles. The Morgan fingerprint density at radius 2 is 1.22 bits per heavy atom. The van der Waals surface area contributed by atoms with Crippen molar-refractivity contribution in [3.8, 4) is 0 Å². The Hall–Kier alpha value is -3.98. The topological polar surface area (TPSA) is 118 Å². The molecule has 0 saturated heterocycles. The summed E-state index contributed by atoms with van der Waals surface area (Å²) in [6.07, 6.45) is 3.11. The Kier molecular flexibility index (Phi) is 11.5. The molecule has 7 nitrogen and oxygen atoms in total. The van der Waals surface area contributed by atoms with Gasteiger partial charge < -0.3 is 10.8 Å². The minimum absolute atomic E-state index is 0. The molecule has 36 heavy (non-hydrogen) atoms. The van der Waals surface area contributed by atoms with Crippen molar-refractivity contribution in [2.45, 2.75) is 7.43 Å². The van der Waals surface area contributed by atoms with Crippen molar-refractivity contribution in [1.82, 2.24) is 9.97 Å². The van der Waals surface area contributed by atoms with Gasteiger partial charge in [-0.05, 0) is 0 Å². The molecule has 0 unspecified atom stereocenters. The molecule has 4 N–H and O–H groups in total. The summed E-state index contributed by atoms with van der Waals surface area (Å²) in [7, 11) is 0. The third-order valence-electron chi connectivity index (χ3n) is 3.56. The number of hydrogen-bond donors (Lipinski definition) is 3. The van der Waals surface area contributed by atoms with Crippen molar-refractivity contribution in [3.05, 3.63) is 93.4 Å². The highest BCUT2D eigenvalue weighted by molar-refractivity contribution is 7.13. The molecule has 0 aliphatic heterocycles. The third kappa shape index (κ3) is 8.66. The number of nitrogens with two attached hydrogens (primary N) is 1. The lowest BCUT2D eigenvalue weighted by Crippen LogP contribution is -2.16. The van der Waals surface area contributed by atoms with E-state index in [-0.39, 0.29) is 12.6 Å². The van der Waals surface area contributed by atoms with Crippen LogP contribution >= 0.6 is 22.7 Å². The predicted molar refractivity (Wildman–Crippen MR) is 123 cm³/mol. The summed E-state index contributed by atoms with van der Waals surface area (Å²) in [5, 5.41) is 14.7. The van der Waals surface area contributed by atoms with Crippen LogP contribution in [0.2, 0.25) is 0 Å². The molecule has 0 aliphatic carbocycles. The van der Waals surface area contributed by atoms with Gasteiger partial charge in [-0.1, -0.05) is 7.43 Å². The molecular weight excluding hydrogens is 534 g/mol. The fourth-order valence-corrected chi connectivity index (χ4v) is 3.09. The molecular formula is C21H16F6N4O3S2. The quantitative estimate of drug-likeness (QED) is 0.270. The van der Waals surface area contributed by atoms with Gasteiger partial charge in [-0.2, -0.15) is 0 Å². The molecule has 0 atom stereocenters. The normalized spacial score (nSPS) is 9.61. The zero-order chi connectivity index (χ0) is 26.1. The maximum Gasteiger partial charge on any atom is 0.341 e. The van der Waals surface area contributed by atoms with E-state index in [1.54, 1.807) is 11.6 Å². The number of carbonyl (C=O) groups excluding carboxylic acids is 1. The van der Waals surface area contributed by atoms with Crippen LogP contribution < -0.4 is 11.1 Å². The van der Waals surface area contributed by atoms with Gasteiger partial charge in [-0.15, -0.1) is 22.7 Å². The number of nitrogen functional groups attached to an aromatic ring is 1. The fourth-order valence-electron chi connectivity index (χ4n) is 2.18. The average molecular weight is 551 g/mol. The van der Waals surface area contributed by atoms with Crippen molar-refractivity contribution in [2.75, 3.05) is 11.1 Å². The van der Waals surface area contributed by atoms with Gasteiger partial charge in [0.15, 0.2) is 10.3 Å². The number of rotatable bonds is 3. The smallest absolute Gasteiger partial charge is 0.341 e. The van der Waals surface area contributed by atoms with E-state index in [2.05, 4.69) is 15.3 Å². The fraction of sp³-hybridized carbons (Fsp3) is 0.0476. The zero-order valence-corrected chi connectivity index (χ0v) is 18.6. The Morgan fingerprint density at radius 3 is 1.56 bits per heavy atom. The van der Waals surface area contributed by atoms with Crippen LogP contribution in [0.3, 0.4) is 0 Å². The number of benzene rings is 2. The lowest BCUT2D eigenvalue weighted by Gasteiger charge is -2.04. The average Bonchev–Trinajstić information content (AvgIpc) is 3.41. The third-order valence-corrected chi connectivity index (χ3v) is 4.85. The van der Waals surface area contributed by atoms with E-state index in [4.69, 9.17) is 10.8 Å². The number of nitrogens with zero attached hydrogens (tertiary/aromatic N) is 2. The van der Waals surface area contributed by atoms with Crippen molar-refractivity contribution in [2.24, 2.45) is 0 Å². The molecule has 4 aromatic rings. The molecule has 4 rings (SSSR count). The first-order valence-corrected chi connectivity index (χ1v) is 10.6. The summed E-state index contributed by atoms with van der Waals surface area (Å²) < 4.78 is 76.3. The first-order chi connectivity index (χ1) is 16.5. The second-order valence-corrected chi connectivity index (χ2v) is 7.78. The molecule has 2 heterocycles. The Morgan fingerprint density at radius 1 is 0.778 bits per heavy atom. The first kappa shape index (κ1) is 30.1. The summed E-state index contributed by atoms with van der Waals surface area (Å²) in [6.45, 7) is 0. The van der Waals surface area contributed by atoms with Gasteiger partial charge in [0, 0.05) is 47.4 Å². The van der Waals surface area contributed by atoms with E-state index in [0.29, 0.717) is 29.4 Å². The van der Waals surface area contributed by atoms with Crippen LogP contribution in [0.5, 0.6) is 0 Å². The number of carboxylic acids is 1. The van der Waals surface area contributed by atoms with Crippen LogP contribution in [0.1, 0.15) is 28.1 Å². The van der Waals surface area contributed by atoms with Crippen LogP contribution in [-0.2, 0) is 0 Å². The molecule has 0 bridgehead atoms. The maximum absolute atomic E-state index is 13.2. The summed E-state index contributed by atoms with van der Waals surface area (Å²) >= 11 is 2.54. The van der Waals surface area contributed by atoms with E-state index < -0.39 is 57.9 Å². The minimum Gasteiger partial charge on any atom is -0.477 e. The van der Waals surface area contributed by atoms with Gasteiger partial charge in [0.05, 0.1) is 0 Å². The summed E-state index contributed by atoms with van der Waals surface area (Å²) in [5.41, 5.74) is 3.21. The van der Waals surface area contributed by atoms with Crippen LogP contribution in [0, 0.1) is 34.9 Å². The number of nitrogens with one attached hydrogen (secondary N) is 1. The van der Waals surface area contributed by atoms with Gasteiger partial charge in [0.25, 0.3) is 5.91 Å². The lowest BCUT2D eigenvalue weighted by molar-refractivity contribution is 0.0686. The number of hydrogen-bond acceptors (Lipinski definition) is 7. The van der Waals surface area contributed by atoms with Crippen molar-refractivity contribution < 1.29 is 41.0 Å². The van der Waals surface area contributed by atoms with Crippen LogP contribution in [-0.4, -0.2) is 27.0 Å². The van der Waals surface area contributed by atoms with E-state index in [1.165, 1.54) is 17.5 Å². The van der Waals surface area contributed by atoms with Gasteiger partial charge in [0.2, 0.25) is 0 Å². The van der Waals surface area contributed by atoms with E-state index in [1.807, 2.05) is 5.38 Å². The van der Waals surface area contributed by atoms with Crippen molar-refractivity contribution in [1.29, 1.82) is 0 Å². The summed E-state index contributed by atoms with van der Waals surface area (Å²) in [5.74, 6) is -10.3. The Balaban J connectivity index is 0.000000297. The molecule has 1 amide bonds. The lowest BCUT2D eigenvalue weighted by atomic mass is 10.2. The van der Waals surface area contributed by atoms with Crippen LogP contribution in [0.15, 0.2) is 47.4 Å². The van der Waals surface area contributed by atoms with Crippen LogP contribution in [0.4, 0.5) is 36.6 Å². The Labute approximate surface area is 207 Å². The highest BCUT2D eigenvalue weighted by Gasteiger charge is 2.20. The molecule has 0 saturated carbocycles. The molecule has 0 spiro atoms. The van der Waals surface area contributed by atoms with Crippen LogP contribution in [0.25, 0.3) is 0 Å². The van der Waals surface area contributed by atoms with Gasteiger partial charge in [-0.3, -0.25) is 10.1 Å². The zero-order valence-electron chi connectivity index (χ0n) is 16.9. The second kappa shape index (κ2) is 13.8. The SMILES string of the molecule is C.Nc1nccs1.O=C(Nc1nccs1)c1c(F)cc(F)cc1F.O=C(O)c1c(F)cc(F)cc1F. The van der Waals surface area contributed by atoms with E-state index >= 15 is 0 Å². The number of aromatic nitrogens is 2. The number of thiazole rings is 2. The number of aromatic carboxylic acids is 1. The highest BCUT2D eigenvalue weighted by atomic mass is 32.1. The van der Waals surface area contributed by atoms with Gasteiger partial charge in [0.1, 0.15) is 46.0 Å². The molecule has 0 aliphatic rings. The van der Waals surface area contributed by atoms with Gasteiger partial charge >= 0.3 is 5.97 Å². The number of amides is 1. The molecule has 0 fully saturated rings. The predicted octanol–water partition coefficient (Wildman–Crippen LogP) is 5.98. The minimum atomic E-state index is -1.76. The number of carbonyl (C=O) groups is 2. The molecule has 0 radical (unpaired) electrons. The van der Waals surface area contributed by atoms with Crippen molar-refractivity contribution >= 4 is 44.8 Å². The largest absolute Gasteiger partial charge is 0.477 e. The summed E-state index contributed by atoms with van der Waals surface area (Å²) in [4.78, 5) is 29.1. The molecule has 15 heteroatoms. The van der Waals surface area contributed by atoms with E-state index in [0.717, 1.165) is 11.3 Å². The Bertz CT molecular complexity index is 1260. The maximum atomic E-state index is 13.2. The van der Waals surface area contributed by atoms with Gasteiger partial charge in [-0.25, -0.2) is 41.1 Å². The standard InChI is InChI=1S/C10H5F3N2OS.C7H3F3O2.C3H4N2S.CH4/c11-5-3-6(12)8(7(13)4-5)9(16)15-10-14-1-2-17-10;8-3-1-4(9)6(7(11)12)5(10)2-3;4-3-5-1-2-6-3;/h1-4H,(H,14,15,16);1-2H,(H,11,12);1-2H,(H2,4,5);1H4. The number of carboxylic acid groups (broad SMARTS) is 1. The number of anilines is 2. The highest BCUT2D eigenvalue weighted by Crippen LogP contribution is 2.18. The second-order valence-electron chi connectivity index (χ2n) is 5.96. The molecule has 192 valence electrons. The number of halogens is 6. The van der Waals surface area contributed by atoms with Crippen molar-refractivity contribution in [3.63, 3.8) is 0 Å². The molecule has 2 aromatic heterocycles. The first-order valence-electron chi connectivity index (χ1n) is 8.87. The summed E-state index contributed by atoms with van der Waals surface area (Å²) in [6, 6.07) is 1.51. The monoisotopic (exact) mass is 550 g/mol.